The third-order valence-corrected chi connectivity index (χ3v) is 4.64. The summed E-state index contributed by atoms with van der Waals surface area (Å²) in [4.78, 5) is 26.4. The average Bonchev–Trinajstić information content (AvgIpc) is 3.07. The van der Waals surface area contributed by atoms with Crippen LogP contribution >= 0.6 is 0 Å². The van der Waals surface area contributed by atoms with E-state index in [0.717, 1.165) is 29.8 Å². The summed E-state index contributed by atoms with van der Waals surface area (Å²) >= 11 is 0. The van der Waals surface area contributed by atoms with E-state index in [-0.39, 0.29) is 17.9 Å². The number of hydrogen-bond donors (Lipinski definition) is 1. The summed E-state index contributed by atoms with van der Waals surface area (Å²) in [5, 5.41) is 3.09. The highest BCUT2D eigenvalue weighted by Gasteiger charge is 2.25. The number of nitrogens with one attached hydrogen (secondary N) is 1. The lowest BCUT2D eigenvalue weighted by molar-refractivity contribution is -0.129. The van der Waals surface area contributed by atoms with Gasteiger partial charge in [-0.1, -0.05) is 42.5 Å². The zero-order chi connectivity index (χ0) is 18.4. The molecule has 1 saturated heterocycles. The highest BCUT2D eigenvalue weighted by molar-refractivity contribution is 5.80. The Labute approximate surface area is 154 Å². The molecular weight excluding hydrogens is 328 g/mol. The summed E-state index contributed by atoms with van der Waals surface area (Å²) in [7, 11) is 1.62. The van der Waals surface area contributed by atoms with Gasteiger partial charge in [-0.15, -0.1) is 0 Å². The van der Waals surface area contributed by atoms with Gasteiger partial charge in [-0.3, -0.25) is 9.59 Å². The molecule has 1 atom stereocenters. The number of amides is 2. The van der Waals surface area contributed by atoms with E-state index in [9.17, 15) is 9.59 Å². The molecule has 0 saturated carbocycles. The van der Waals surface area contributed by atoms with E-state index in [2.05, 4.69) is 5.32 Å². The molecule has 1 aliphatic rings. The van der Waals surface area contributed by atoms with E-state index in [1.807, 2.05) is 59.5 Å². The molecule has 1 aliphatic heterocycles. The van der Waals surface area contributed by atoms with Crippen LogP contribution in [-0.2, 0) is 16.0 Å². The summed E-state index contributed by atoms with van der Waals surface area (Å²) in [5.74, 6) is 0.870. The van der Waals surface area contributed by atoms with Gasteiger partial charge < -0.3 is 15.0 Å². The first-order chi connectivity index (χ1) is 12.7. The van der Waals surface area contributed by atoms with Gasteiger partial charge in [0.05, 0.1) is 19.6 Å². The Bertz CT molecular complexity index is 744. The third-order valence-electron chi connectivity index (χ3n) is 4.64. The standard InChI is InChI=1S/C21H24N2O3/c1-26-18-11-9-16(10-12-18)14-20(24)22-19(17-6-3-2-4-7-17)15-23-13-5-8-21(23)25/h2-4,6-7,9-12,19H,5,8,13-15H2,1H3,(H,22,24). The smallest absolute Gasteiger partial charge is 0.224 e. The van der Waals surface area contributed by atoms with Crippen LogP contribution in [0.2, 0.25) is 0 Å². The summed E-state index contributed by atoms with van der Waals surface area (Å²) in [5.41, 5.74) is 1.93. The monoisotopic (exact) mass is 352 g/mol. The number of ether oxygens (including phenoxy) is 1. The number of methoxy groups -OCH3 is 1. The fourth-order valence-corrected chi connectivity index (χ4v) is 3.21. The van der Waals surface area contributed by atoms with Gasteiger partial charge in [0.2, 0.25) is 11.8 Å². The topological polar surface area (TPSA) is 58.6 Å². The third kappa shape index (κ3) is 4.63. The minimum absolute atomic E-state index is 0.0596. The van der Waals surface area contributed by atoms with Crippen molar-refractivity contribution in [3.63, 3.8) is 0 Å². The van der Waals surface area contributed by atoms with Gasteiger partial charge in [0.15, 0.2) is 0 Å². The van der Waals surface area contributed by atoms with Gasteiger partial charge in [-0.05, 0) is 29.7 Å². The van der Waals surface area contributed by atoms with Crippen molar-refractivity contribution in [1.82, 2.24) is 10.2 Å². The molecule has 5 heteroatoms. The Balaban J connectivity index is 1.67. The molecular formula is C21H24N2O3. The molecule has 0 aromatic heterocycles. The van der Waals surface area contributed by atoms with Crippen LogP contribution in [0.25, 0.3) is 0 Å². The molecule has 1 heterocycles. The molecule has 2 amide bonds. The zero-order valence-electron chi connectivity index (χ0n) is 15.0. The number of hydrogen-bond acceptors (Lipinski definition) is 3. The maximum atomic E-state index is 12.6. The van der Waals surface area contributed by atoms with Gasteiger partial charge in [0.25, 0.3) is 0 Å². The Morgan fingerprint density at radius 1 is 1.15 bits per heavy atom. The molecule has 2 aromatic carbocycles. The minimum Gasteiger partial charge on any atom is -0.497 e. The van der Waals surface area contributed by atoms with Crippen molar-refractivity contribution in [1.29, 1.82) is 0 Å². The number of rotatable bonds is 7. The number of carbonyl (C=O) groups is 2. The van der Waals surface area contributed by atoms with Gasteiger partial charge in [-0.2, -0.15) is 0 Å². The van der Waals surface area contributed by atoms with Crippen LogP contribution in [0.5, 0.6) is 5.75 Å². The van der Waals surface area contributed by atoms with Gasteiger partial charge in [0, 0.05) is 19.5 Å². The van der Waals surface area contributed by atoms with Crippen LogP contribution in [0.1, 0.15) is 30.0 Å². The van der Waals surface area contributed by atoms with Crippen LogP contribution in [0.4, 0.5) is 0 Å². The Hall–Kier alpha value is -2.82. The minimum atomic E-state index is -0.205. The fourth-order valence-electron chi connectivity index (χ4n) is 3.21. The molecule has 5 nitrogen and oxygen atoms in total. The zero-order valence-corrected chi connectivity index (χ0v) is 15.0. The van der Waals surface area contributed by atoms with Gasteiger partial charge in [-0.25, -0.2) is 0 Å². The Morgan fingerprint density at radius 3 is 2.50 bits per heavy atom. The van der Waals surface area contributed by atoms with Crippen molar-refractivity contribution >= 4 is 11.8 Å². The average molecular weight is 352 g/mol. The molecule has 0 spiro atoms. The lowest BCUT2D eigenvalue weighted by Crippen LogP contribution is -2.39. The highest BCUT2D eigenvalue weighted by Crippen LogP contribution is 2.19. The van der Waals surface area contributed by atoms with Crippen molar-refractivity contribution < 1.29 is 14.3 Å². The van der Waals surface area contributed by atoms with Crippen molar-refractivity contribution in [2.75, 3.05) is 20.2 Å². The second kappa shape index (κ2) is 8.52. The molecule has 0 bridgehead atoms. The first-order valence-electron chi connectivity index (χ1n) is 8.90. The number of benzene rings is 2. The van der Waals surface area contributed by atoms with Gasteiger partial charge >= 0.3 is 0 Å². The maximum Gasteiger partial charge on any atom is 0.224 e. The van der Waals surface area contributed by atoms with Crippen molar-refractivity contribution in [3.05, 3.63) is 65.7 Å². The van der Waals surface area contributed by atoms with Crippen molar-refractivity contribution in [2.45, 2.75) is 25.3 Å². The van der Waals surface area contributed by atoms with E-state index in [0.29, 0.717) is 19.4 Å². The van der Waals surface area contributed by atoms with Crippen LogP contribution < -0.4 is 10.1 Å². The predicted molar refractivity (Wildman–Crippen MR) is 99.8 cm³/mol. The first-order valence-corrected chi connectivity index (χ1v) is 8.90. The summed E-state index contributed by atoms with van der Waals surface area (Å²) in [6.45, 7) is 1.27. The lowest BCUT2D eigenvalue weighted by atomic mass is 10.1. The largest absolute Gasteiger partial charge is 0.497 e. The van der Waals surface area contributed by atoms with Crippen LogP contribution in [0.15, 0.2) is 54.6 Å². The number of carbonyl (C=O) groups excluding carboxylic acids is 2. The van der Waals surface area contributed by atoms with E-state index in [1.54, 1.807) is 7.11 Å². The first kappa shape index (κ1) is 18.0. The molecule has 26 heavy (non-hydrogen) atoms. The summed E-state index contributed by atoms with van der Waals surface area (Å²) in [6, 6.07) is 17.1. The number of nitrogens with zero attached hydrogens (tertiary/aromatic N) is 1. The lowest BCUT2D eigenvalue weighted by Gasteiger charge is -2.25. The second-order valence-electron chi connectivity index (χ2n) is 6.50. The molecule has 1 unspecified atom stereocenters. The van der Waals surface area contributed by atoms with Crippen molar-refractivity contribution in [2.24, 2.45) is 0 Å². The van der Waals surface area contributed by atoms with Crippen LogP contribution in [0.3, 0.4) is 0 Å². The Morgan fingerprint density at radius 2 is 1.88 bits per heavy atom. The normalized spacial score (nSPS) is 15.0. The molecule has 1 fully saturated rings. The van der Waals surface area contributed by atoms with Crippen LogP contribution in [-0.4, -0.2) is 36.9 Å². The van der Waals surface area contributed by atoms with Crippen molar-refractivity contribution in [3.8, 4) is 5.75 Å². The van der Waals surface area contributed by atoms with E-state index in [4.69, 9.17) is 4.74 Å². The van der Waals surface area contributed by atoms with E-state index >= 15 is 0 Å². The summed E-state index contributed by atoms with van der Waals surface area (Å²) < 4.78 is 5.14. The SMILES string of the molecule is COc1ccc(CC(=O)NC(CN2CCCC2=O)c2ccccc2)cc1. The molecule has 2 aromatic rings. The molecule has 0 aliphatic carbocycles. The second-order valence-corrected chi connectivity index (χ2v) is 6.50. The molecule has 3 rings (SSSR count). The molecule has 136 valence electrons. The molecule has 0 radical (unpaired) electrons. The highest BCUT2D eigenvalue weighted by atomic mass is 16.5. The summed E-state index contributed by atoms with van der Waals surface area (Å²) in [6.07, 6.45) is 1.78. The van der Waals surface area contributed by atoms with Crippen LogP contribution in [0, 0.1) is 0 Å². The maximum absolute atomic E-state index is 12.6. The number of likely N-dealkylation sites (tertiary alicyclic amines) is 1. The Kier molecular flexibility index (Phi) is 5.89. The fraction of sp³-hybridized carbons (Fsp3) is 0.333. The van der Waals surface area contributed by atoms with E-state index in [1.165, 1.54) is 0 Å². The van der Waals surface area contributed by atoms with E-state index < -0.39 is 0 Å². The van der Waals surface area contributed by atoms with Gasteiger partial charge in [0.1, 0.15) is 5.75 Å². The molecule has 1 N–H and O–H groups in total. The predicted octanol–water partition coefficient (Wildman–Crippen LogP) is 2.72. The quantitative estimate of drug-likeness (QED) is 0.833.